The summed E-state index contributed by atoms with van der Waals surface area (Å²) in [7, 11) is 1.34. The molecule has 0 bridgehead atoms. The number of amides is 3. The standard InChI is InChI=1S/C24H20F3N3O3/c1-13-7-8-15(12-20(13)29-23(32)16-5-3-4-6-17(16)25)22(31)30-21(24(33)28-2)14-9-10-18(26)19(27)11-14/h3-12,21H,1-2H3,(H,28,33)(H,29,32)(H,30,31). The number of halogens is 3. The molecule has 0 fully saturated rings. The number of carbonyl (C=O) groups is 3. The number of rotatable bonds is 6. The average Bonchev–Trinajstić information content (AvgIpc) is 2.80. The van der Waals surface area contributed by atoms with Crippen molar-refractivity contribution in [3.63, 3.8) is 0 Å². The number of benzene rings is 3. The van der Waals surface area contributed by atoms with E-state index in [9.17, 15) is 27.6 Å². The Morgan fingerprint density at radius 3 is 2.21 bits per heavy atom. The van der Waals surface area contributed by atoms with Crippen LogP contribution in [0.4, 0.5) is 18.9 Å². The zero-order valence-electron chi connectivity index (χ0n) is 17.7. The van der Waals surface area contributed by atoms with Gasteiger partial charge < -0.3 is 16.0 Å². The van der Waals surface area contributed by atoms with Crippen LogP contribution in [0.1, 0.15) is 37.9 Å². The van der Waals surface area contributed by atoms with Crippen LogP contribution in [0.25, 0.3) is 0 Å². The minimum atomic E-state index is -1.30. The molecular formula is C24H20F3N3O3. The molecule has 0 heterocycles. The van der Waals surface area contributed by atoms with Crippen molar-refractivity contribution in [2.24, 2.45) is 0 Å². The first-order valence-electron chi connectivity index (χ1n) is 9.85. The summed E-state index contributed by atoms with van der Waals surface area (Å²) in [4.78, 5) is 37.6. The van der Waals surface area contributed by atoms with E-state index in [0.29, 0.717) is 5.56 Å². The van der Waals surface area contributed by atoms with Gasteiger partial charge in [-0.2, -0.15) is 0 Å². The molecule has 0 spiro atoms. The van der Waals surface area contributed by atoms with Gasteiger partial charge in [0.2, 0.25) is 5.91 Å². The molecule has 1 atom stereocenters. The van der Waals surface area contributed by atoms with Gasteiger partial charge in [-0.15, -0.1) is 0 Å². The highest BCUT2D eigenvalue weighted by atomic mass is 19.2. The predicted molar refractivity (Wildman–Crippen MR) is 116 cm³/mol. The molecule has 1 unspecified atom stereocenters. The van der Waals surface area contributed by atoms with Crippen molar-refractivity contribution in [2.45, 2.75) is 13.0 Å². The number of aryl methyl sites for hydroxylation is 1. The first kappa shape index (κ1) is 23.5. The van der Waals surface area contributed by atoms with Gasteiger partial charge in [-0.1, -0.05) is 24.3 Å². The zero-order valence-corrected chi connectivity index (χ0v) is 17.7. The first-order chi connectivity index (χ1) is 15.7. The third-order valence-corrected chi connectivity index (χ3v) is 4.93. The Balaban J connectivity index is 1.85. The van der Waals surface area contributed by atoms with Crippen molar-refractivity contribution in [2.75, 3.05) is 12.4 Å². The summed E-state index contributed by atoms with van der Waals surface area (Å²) in [6.45, 7) is 1.69. The van der Waals surface area contributed by atoms with Crippen LogP contribution in [0, 0.1) is 24.4 Å². The summed E-state index contributed by atoms with van der Waals surface area (Å²) in [5.74, 6) is -4.98. The van der Waals surface area contributed by atoms with Crippen molar-refractivity contribution < 1.29 is 27.6 Å². The Kier molecular flexibility index (Phi) is 7.12. The molecule has 3 amide bonds. The largest absolute Gasteiger partial charge is 0.357 e. The monoisotopic (exact) mass is 455 g/mol. The lowest BCUT2D eigenvalue weighted by atomic mass is 10.0. The van der Waals surface area contributed by atoms with Crippen molar-refractivity contribution in [3.05, 3.63) is 100 Å². The maximum absolute atomic E-state index is 13.9. The van der Waals surface area contributed by atoms with Gasteiger partial charge in [0.05, 0.1) is 5.56 Å². The molecule has 0 aromatic heterocycles. The molecule has 3 N–H and O–H groups in total. The van der Waals surface area contributed by atoms with Crippen molar-refractivity contribution in [3.8, 4) is 0 Å². The van der Waals surface area contributed by atoms with E-state index in [2.05, 4.69) is 16.0 Å². The van der Waals surface area contributed by atoms with E-state index >= 15 is 0 Å². The molecule has 0 radical (unpaired) electrons. The molecule has 170 valence electrons. The van der Waals surface area contributed by atoms with Crippen LogP contribution >= 0.6 is 0 Å². The van der Waals surface area contributed by atoms with Gasteiger partial charge in [-0.05, 0) is 54.4 Å². The average molecular weight is 455 g/mol. The van der Waals surface area contributed by atoms with Crippen LogP contribution in [0.2, 0.25) is 0 Å². The fraction of sp³-hybridized carbons (Fsp3) is 0.125. The van der Waals surface area contributed by atoms with Crippen molar-refractivity contribution in [1.29, 1.82) is 0 Å². The first-order valence-corrected chi connectivity index (χ1v) is 9.85. The SMILES string of the molecule is CNC(=O)C(NC(=O)c1ccc(C)c(NC(=O)c2ccccc2F)c1)c1ccc(F)c(F)c1. The Morgan fingerprint density at radius 2 is 1.55 bits per heavy atom. The number of hydrogen-bond acceptors (Lipinski definition) is 3. The lowest BCUT2D eigenvalue weighted by Crippen LogP contribution is -2.39. The second kappa shape index (κ2) is 9.99. The van der Waals surface area contributed by atoms with Crippen LogP contribution in [0.15, 0.2) is 60.7 Å². The van der Waals surface area contributed by atoms with E-state index in [1.807, 2.05) is 0 Å². The Bertz CT molecular complexity index is 1230. The van der Waals surface area contributed by atoms with Crippen LogP contribution in [0.5, 0.6) is 0 Å². The van der Waals surface area contributed by atoms with Gasteiger partial charge in [-0.3, -0.25) is 14.4 Å². The number of carbonyl (C=O) groups excluding carboxylic acids is 3. The van der Waals surface area contributed by atoms with Gasteiger partial charge in [0, 0.05) is 18.3 Å². The molecular weight excluding hydrogens is 435 g/mol. The van der Waals surface area contributed by atoms with Gasteiger partial charge in [0.15, 0.2) is 11.6 Å². The Labute approximate surface area is 187 Å². The summed E-state index contributed by atoms with van der Waals surface area (Å²) in [5, 5.41) is 7.40. The summed E-state index contributed by atoms with van der Waals surface area (Å²) in [6, 6.07) is 11.4. The Hall–Kier alpha value is -4.14. The molecule has 6 nitrogen and oxygen atoms in total. The third-order valence-electron chi connectivity index (χ3n) is 4.93. The van der Waals surface area contributed by atoms with Gasteiger partial charge in [0.1, 0.15) is 11.9 Å². The van der Waals surface area contributed by atoms with E-state index < -0.39 is 41.2 Å². The second-order valence-corrected chi connectivity index (χ2v) is 7.16. The highest BCUT2D eigenvalue weighted by molar-refractivity contribution is 6.06. The van der Waals surface area contributed by atoms with E-state index in [1.165, 1.54) is 43.4 Å². The minimum Gasteiger partial charge on any atom is -0.357 e. The molecule has 3 aromatic rings. The molecule has 3 aromatic carbocycles. The summed E-state index contributed by atoms with van der Waals surface area (Å²) >= 11 is 0. The molecule has 33 heavy (non-hydrogen) atoms. The van der Waals surface area contributed by atoms with E-state index in [1.54, 1.807) is 13.0 Å². The summed E-state index contributed by atoms with van der Waals surface area (Å²) in [5.41, 5.74) is 0.840. The van der Waals surface area contributed by atoms with Crippen LogP contribution in [-0.2, 0) is 4.79 Å². The number of anilines is 1. The predicted octanol–water partition coefficient (Wildman–Crippen LogP) is 3.88. The Morgan fingerprint density at radius 1 is 0.818 bits per heavy atom. The number of nitrogens with one attached hydrogen (secondary N) is 3. The van der Waals surface area contributed by atoms with E-state index in [0.717, 1.165) is 18.2 Å². The summed E-state index contributed by atoms with van der Waals surface area (Å²) < 4.78 is 40.9. The molecule has 3 rings (SSSR count). The van der Waals surface area contributed by atoms with Crippen LogP contribution in [0.3, 0.4) is 0 Å². The molecule has 0 aliphatic carbocycles. The van der Waals surface area contributed by atoms with E-state index in [-0.39, 0.29) is 22.4 Å². The van der Waals surface area contributed by atoms with Crippen molar-refractivity contribution >= 4 is 23.4 Å². The highest BCUT2D eigenvalue weighted by Crippen LogP contribution is 2.21. The second-order valence-electron chi connectivity index (χ2n) is 7.16. The molecule has 9 heteroatoms. The third kappa shape index (κ3) is 5.38. The molecule has 0 aliphatic rings. The van der Waals surface area contributed by atoms with Gasteiger partial charge in [-0.25, -0.2) is 13.2 Å². The van der Waals surface area contributed by atoms with Gasteiger partial charge in [0.25, 0.3) is 11.8 Å². The fourth-order valence-corrected chi connectivity index (χ4v) is 3.08. The highest BCUT2D eigenvalue weighted by Gasteiger charge is 2.24. The maximum Gasteiger partial charge on any atom is 0.258 e. The fourth-order valence-electron chi connectivity index (χ4n) is 3.08. The topological polar surface area (TPSA) is 87.3 Å². The normalized spacial score (nSPS) is 11.4. The molecule has 0 aliphatic heterocycles. The maximum atomic E-state index is 13.9. The number of likely N-dealkylation sites (N-methyl/N-ethyl adjacent to an activating group) is 1. The summed E-state index contributed by atoms with van der Waals surface area (Å²) in [6.07, 6.45) is 0. The van der Waals surface area contributed by atoms with Crippen LogP contribution < -0.4 is 16.0 Å². The smallest absolute Gasteiger partial charge is 0.258 e. The quantitative estimate of drug-likeness (QED) is 0.527. The van der Waals surface area contributed by atoms with Crippen LogP contribution in [-0.4, -0.2) is 24.8 Å². The lowest BCUT2D eigenvalue weighted by Gasteiger charge is -2.18. The molecule has 0 saturated heterocycles. The lowest BCUT2D eigenvalue weighted by molar-refractivity contribution is -0.122. The van der Waals surface area contributed by atoms with Crippen molar-refractivity contribution in [1.82, 2.24) is 10.6 Å². The molecule has 0 saturated carbocycles. The van der Waals surface area contributed by atoms with E-state index in [4.69, 9.17) is 0 Å². The zero-order chi connectivity index (χ0) is 24.1. The van der Waals surface area contributed by atoms with Gasteiger partial charge >= 0.3 is 0 Å². The number of hydrogen-bond donors (Lipinski definition) is 3. The minimum absolute atomic E-state index is 0.0433.